The van der Waals surface area contributed by atoms with E-state index < -0.39 is 0 Å². The zero-order valence-corrected chi connectivity index (χ0v) is 9.34. The Hall–Kier alpha value is -0.120. The van der Waals surface area contributed by atoms with Crippen LogP contribution in [-0.4, -0.2) is 31.8 Å². The lowest BCUT2D eigenvalue weighted by Gasteiger charge is -2.20. The molecule has 0 aliphatic rings. The molecular weight excluding hydrogens is 164 g/mol. The van der Waals surface area contributed by atoms with Gasteiger partial charge in [-0.05, 0) is 5.92 Å². The lowest BCUT2D eigenvalue weighted by Crippen LogP contribution is -2.43. The third-order valence-corrected chi connectivity index (χ3v) is 1.62. The van der Waals surface area contributed by atoms with Crippen LogP contribution < -0.4 is 11.1 Å². The standard InChI is InChI=1S/C10H24N2O/c1-8(2)6-13-7-10(5-11)12-9(3)4/h8-10,12H,5-7,11H2,1-4H3. The first-order valence-corrected chi connectivity index (χ1v) is 5.10. The quantitative estimate of drug-likeness (QED) is 0.626. The molecule has 0 rings (SSSR count). The molecule has 0 saturated heterocycles. The largest absolute Gasteiger partial charge is 0.380 e. The molecule has 0 bridgehead atoms. The van der Waals surface area contributed by atoms with Crippen LogP contribution in [0.1, 0.15) is 27.7 Å². The molecule has 0 radical (unpaired) electrons. The van der Waals surface area contributed by atoms with E-state index in [0.717, 1.165) is 6.61 Å². The topological polar surface area (TPSA) is 47.3 Å². The molecule has 0 spiro atoms. The maximum atomic E-state index is 5.60. The van der Waals surface area contributed by atoms with Crippen molar-refractivity contribution in [3.63, 3.8) is 0 Å². The van der Waals surface area contributed by atoms with Gasteiger partial charge in [0, 0.05) is 25.2 Å². The van der Waals surface area contributed by atoms with Crippen LogP contribution in [0.5, 0.6) is 0 Å². The van der Waals surface area contributed by atoms with Gasteiger partial charge in [-0.2, -0.15) is 0 Å². The zero-order chi connectivity index (χ0) is 10.3. The third-order valence-electron chi connectivity index (χ3n) is 1.62. The fourth-order valence-corrected chi connectivity index (χ4v) is 1.10. The second-order valence-corrected chi connectivity index (χ2v) is 4.19. The van der Waals surface area contributed by atoms with E-state index in [9.17, 15) is 0 Å². The van der Waals surface area contributed by atoms with E-state index in [-0.39, 0.29) is 0 Å². The first-order valence-electron chi connectivity index (χ1n) is 5.10. The number of nitrogens with one attached hydrogen (secondary N) is 1. The molecule has 0 aliphatic heterocycles. The molecule has 3 N–H and O–H groups in total. The number of nitrogens with two attached hydrogens (primary N) is 1. The molecular formula is C10H24N2O. The fraction of sp³-hybridized carbons (Fsp3) is 1.00. The molecule has 0 aliphatic carbocycles. The van der Waals surface area contributed by atoms with Gasteiger partial charge in [-0.25, -0.2) is 0 Å². The van der Waals surface area contributed by atoms with Crippen LogP contribution in [0.4, 0.5) is 0 Å². The molecule has 3 heteroatoms. The summed E-state index contributed by atoms with van der Waals surface area (Å²) in [5, 5.41) is 3.35. The van der Waals surface area contributed by atoms with Crippen LogP contribution in [0, 0.1) is 5.92 Å². The fourth-order valence-electron chi connectivity index (χ4n) is 1.10. The minimum Gasteiger partial charge on any atom is -0.380 e. The SMILES string of the molecule is CC(C)COCC(CN)NC(C)C. The Labute approximate surface area is 82.0 Å². The van der Waals surface area contributed by atoms with Crippen molar-refractivity contribution in [2.24, 2.45) is 11.7 Å². The molecule has 0 aromatic rings. The van der Waals surface area contributed by atoms with E-state index in [0.29, 0.717) is 31.2 Å². The van der Waals surface area contributed by atoms with E-state index >= 15 is 0 Å². The Kier molecular flexibility index (Phi) is 7.23. The van der Waals surface area contributed by atoms with E-state index in [2.05, 4.69) is 33.0 Å². The summed E-state index contributed by atoms with van der Waals surface area (Å²) in [6.45, 7) is 10.7. The average Bonchev–Trinajstić information content (AvgIpc) is 2.01. The Morgan fingerprint density at radius 2 is 1.77 bits per heavy atom. The second-order valence-electron chi connectivity index (χ2n) is 4.19. The molecule has 0 saturated carbocycles. The van der Waals surface area contributed by atoms with Crippen molar-refractivity contribution in [2.45, 2.75) is 39.8 Å². The Balaban J connectivity index is 3.48. The average molecular weight is 188 g/mol. The summed E-state index contributed by atoms with van der Waals surface area (Å²) in [5.74, 6) is 0.595. The Morgan fingerprint density at radius 1 is 1.15 bits per heavy atom. The van der Waals surface area contributed by atoms with Crippen LogP contribution >= 0.6 is 0 Å². The van der Waals surface area contributed by atoms with Crippen LogP contribution in [0.25, 0.3) is 0 Å². The van der Waals surface area contributed by atoms with Crippen molar-refractivity contribution in [2.75, 3.05) is 19.8 Å². The van der Waals surface area contributed by atoms with Crippen LogP contribution in [0.2, 0.25) is 0 Å². The summed E-state index contributed by atoms with van der Waals surface area (Å²) < 4.78 is 5.51. The highest BCUT2D eigenvalue weighted by molar-refractivity contribution is 4.69. The van der Waals surface area contributed by atoms with Gasteiger partial charge >= 0.3 is 0 Å². The molecule has 0 aromatic carbocycles. The summed E-state index contributed by atoms with van der Waals surface area (Å²) in [7, 11) is 0. The normalized spacial score (nSPS) is 14.1. The maximum Gasteiger partial charge on any atom is 0.0632 e. The molecule has 0 aromatic heterocycles. The highest BCUT2D eigenvalue weighted by atomic mass is 16.5. The van der Waals surface area contributed by atoms with Gasteiger partial charge in [-0.1, -0.05) is 27.7 Å². The Morgan fingerprint density at radius 3 is 2.15 bits per heavy atom. The predicted octanol–water partition coefficient (Wildman–Crippen LogP) is 0.984. The third kappa shape index (κ3) is 8.22. The lowest BCUT2D eigenvalue weighted by molar-refractivity contribution is 0.0898. The van der Waals surface area contributed by atoms with Crippen molar-refractivity contribution in [3.8, 4) is 0 Å². The molecule has 0 amide bonds. The number of hydrogen-bond acceptors (Lipinski definition) is 3. The smallest absolute Gasteiger partial charge is 0.0632 e. The highest BCUT2D eigenvalue weighted by Crippen LogP contribution is 1.94. The van der Waals surface area contributed by atoms with Crippen molar-refractivity contribution < 1.29 is 4.74 Å². The minimum absolute atomic E-state index is 0.291. The summed E-state index contributed by atoms with van der Waals surface area (Å²) >= 11 is 0. The zero-order valence-electron chi connectivity index (χ0n) is 9.34. The van der Waals surface area contributed by atoms with Crippen LogP contribution in [-0.2, 0) is 4.74 Å². The predicted molar refractivity (Wildman–Crippen MR) is 56.8 cm³/mol. The van der Waals surface area contributed by atoms with Gasteiger partial charge in [0.2, 0.25) is 0 Å². The summed E-state index contributed by atoms with van der Waals surface area (Å²) in [4.78, 5) is 0. The molecule has 1 unspecified atom stereocenters. The lowest BCUT2D eigenvalue weighted by atomic mass is 10.2. The summed E-state index contributed by atoms with van der Waals surface area (Å²) in [6, 6.07) is 0.759. The molecule has 3 nitrogen and oxygen atoms in total. The van der Waals surface area contributed by atoms with Crippen molar-refractivity contribution in [1.82, 2.24) is 5.32 Å². The maximum absolute atomic E-state index is 5.60. The van der Waals surface area contributed by atoms with Gasteiger partial charge in [0.1, 0.15) is 0 Å². The first-order chi connectivity index (χ1) is 6.06. The van der Waals surface area contributed by atoms with Gasteiger partial charge in [-0.15, -0.1) is 0 Å². The van der Waals surface area contributed by atoms with Crippen LogP contribution in [0.15, 0.2) is 0 Å². The van der Waals surface area contributed by atoms with Gasteiger partial charge in [0.05, 0.1) is 6.61 Å². The van der Waals surface area contributed by atoms with E-state index in [4.69, 9.17) is 10.5 Å². The number of hydrogen-bond donors (Lipinski definition) is 2. The number of rotatable bonds is 7. The first kappa shape index (κ1) is 12.9. The molecule has 80 valence electrons. The van der Waals surface area contributed by atoms with Crippen molar-refractivity contribution >= 4 is 0 Å². The van der Waals surface area contributed by atoms with Gasteiger partial charge in [-0.3, -0.25) is 0 Å². The van der Waals surface area contributed by atoms with Gasteiger partial charge < -0.3 is 15.8 Å². The van der Waals surface area contributed by atoms with E-state index in [1.807, 2.05) is 0 Å². The van der Waals surface area contributed by atoms with Gasteiger partial charge in [0.25, 0.3) is 0 Å². The van der Waals surface area contributed by atoms with E-state index in [1.54, 1.807) is 0 Å². The second kappa shape index (κ2) is 7.30. The molecule has 0 fully saturated rings. The van der Waals surface area contributed by atoms with Gasteiger partial charge in [0.15, 0.2) is 0 Å². The Bertz CT molecular complexity index is 115. The number of ether oxygens (including phenoxy) is 1. The van der Waals surface area contributed by atoms with Crippen molar-refractivity contribution in [1.29, 1.82) is 0 Å². The molecule has 13 heavy (non-hydrogen) atoms. The monoisotopic (exact) mass is 188 g/mol. The summed E-state index contributed by atoms with van der Waals surface area (Å²) in [5.41, 5.74) is 5.60. The van der Waals surface area contributed by atoms with Crippen LogP contribution in [0.3, 0.4) is 0 Å². The highest BCUT2D eigenvalue weighted by Gasteiger charge is 2.07. The summed E-state index contributed by atoms with van der Waals surface area (Å²) in [6.07, 6.45) is 0. The van der Waals surface area contributed by atoms with Crippen molar-refractivity contribution in [3.05, 3.63) is 0 Å². The van der Waals surface area contributed by atoms with E-state index in [1.165, 1.54) is 0 Å². The molecule has 0 heterocycles. The molecule has 1 atom stereocenters. The minimum atomic E-state index is 0.291.